The average Bonchev–Trinajstić information content (AvgIpc) is 1.21. The first kappa shape index (κ1) is 97.7. The maximum absolute atomic E-state index is 13.0. The van der Waals surface area contributed by atoms with Crippen LogP contribution in [0.1, 0.15) is 438 Å². The third-order valence-electron chi connectivity index (χ3n) is 19.9. The molecule has 9 nitrogen and oxygen atoms in total. The van der Waals surface area contributed by atoms with E-state index in [1.807, 2.05) is 21.1 Å². The van der Waals surface area contributed by atoms with Crippen molar-refractivity contribution in [1.82, 2.24) is 0 Å². The second-order valence-electron chi connectivity index (χ2n) is 31.2. The molecule has 0 radical (unpaired) electrons. The number of carboxylic acids is 1. The largest absolute Gasteiger partial charge is 0.545 e. The maximum Gasteiger partial charge on any atom is 0.306 e. The summed E-state index contributed by atoms with van der Waals surface area (Å²) in [4.78, 5) is 37.7. The topological polar surface area (TPSA) is 111 Å². The summed E-state index contributed by atoms with van der Waals surface area (Å²) < 4.78 is 22.9. The van der Waals surface area contributed by atoms with Gasteiger partial charge in [-0.1, -0.05) is 408 Å². The molecule has 0 spiro atoms. The van der Waals surface area contributed by atoms with Crippen molar-refractivity contribution in [2.24, 2.45) is 0 Å². The Balaban J connectivity index is 3.93. The molecule has 101 heavy (non-hydrogen) atoms. The first-order valence-corrected chi connectivity index (χ1v) is 44.1. The Bertz CT molecular complexity index is 1900. The summed E-state index contributed by atoms with van der Waals surface area (Å²) in [6.07, 6.45) is 109. The maximum atomic E-state index is 13.0. The molecule has 0 saturated heterocycles. The van der Waals surface area contributed by atoms with E-state index in [-0.39, 0.29) is 32.2 Å². The number of carbonyl (C=O) groups is 3. The molecule has 0 aromatic heterocycles. The second-order valence-corrected chi connectivity index (χ2v) is 31.2. The minimum absolute atomic E-state index is 0.150. The van der Waals surface area contributed by atoms with Crippen LogP contribution in [0.4, 0.5) is 0 Å². The van der Waals surface area contributed by atoms with Gasteiger partial charge in [-0.15, -0.1) is 0 Å². The summed E-state index contributed by atoms with van der Waals surface area (Å²) in [6, 6.07) is 0. The number of quaternary nitrogens is 1. The summed E-state index contributed by atoms with van der Waals surface area (Å²) in [5.41, 5.74) is 0. The van der Waals surface area contributed by atoms with Crippen molar-refractivity contribution in [3.8, 4) is 0 Å². The molecule has 2 unspecified atom stereocenters. The van der Waals surface area contributed by atoms with Gasteiger partial charge in [0, 0.05) is 12.8 Å². The summed E-state index contributed by atoms with van der Waals surface area (Å²) in [7, 11) is 5.95. The number of aliphatic carboxylic acids is 1. The minimum atomic E-state index is -1.62. The van der Waals surface area contributed by atoms with Crippen LogP contribution in [0.3, 0.4) is 0 Å². The fourth-order valence-electron chi connectivity index (χ4n) is 13.2. The SMILES string of the molecule is CCCCCCC/C=C\C/C=C\C/C=C\CCCCCCCCCCCCCCCCCCCCCCCCCCC(=O)OC(COC(=O)CCCCCCCCCCCCCCCCCCCCCCCC/C=C\C/C=C\C/C=C\CCCCCCC)COC(OCC[N+](C)(C)C)C(=O)[O-]. The van der Waals surface area contributed by atoms with Gasteiger partial charge in [0.05, 0.1) is 40.3 Å². The Morgan fingerprint density at radius 2 is 0.535 bits per heavy atom. The Morgan fingerprint density at radius 1 is 0.297 bits per heavy atom. The number of unbranched alkanes of at least 4 members (excludes halogenated alkanes) is 56. The van der Waals surface area contributed by atoms with Crippen molar-refractivity contribution in [1.29, 1.82) is 0 Å². The van der Waals surface area contributed by atoms with Gasteiger partial charge in [-0.3, -0.25) is 9.59 Å². The number of esters is 2. The fourth-order valence-corrected chi connectivity index (χ4v) is 13.2. The molecule has 0 aliphatic heterocycles. The highest BCUT2D eigenvalue weighted by Crippen LogP contribution is 2.20. The van der Waals surface area contributed by atoms with Gasteiger partial charge in [0.1, 0.15) is 13.2 Å². The van der Waals surface area contributed by atoms with Crippen LogP contribution in [0, 0.1) is 0 Å². The Morgan fingerprint density at radius 3 is 0.792 bits per heavy atom. The van der Waals surface area contributed by atoms with Crippen LogP contribution < -0.4 is 5.11 Å². The van der Waals surface area contributed by atoms with Gasteiger partial charge < -0.3 is 33.3 Å². The van der Waals surface area contributed by atoms with Crippen LogP contribution >= 0.6 is 0 Å². The van der Waals surface area contributed by atoms with Gasteiger partial charge in [0.15, 0.2) is 12.4 Å². The quantitative estimate of drug-likeness (QED) is 0.0195. The Hall–Kier alpha value is -3.27. The van der Waals surface area contributed by atoms with E-state index in [1.54, 1.807) is 0 Å². The molecule has 0 rings (SSSR count). The van der Waals surface area contributed by atoms with E-state index in [9.17, 15) is 19.5 Å². The number of carboxylic acid groups (broad SMARTS) is 1. The number of hydrogen-bond acceptors (Lipinski definition) is 8. The third-order valence-corrected chi connectivity index (χ3v) is 19.9. The van der Waals surface area contributed by atoms with Crippen LogP contribution in [0.5, 0.6) is 0 Å². The number of nitrogens with zero attached hydrogens (tertiary/aromatic N) is 1. The van der Waals surface area contributed by atoms with Crippen molar-refractivity contribution < 1.29 is 42.9 Å². The Labute approximate surface area is 628 Å². The lowest BCUT2D eigenvalue weighted by molar-refractivity contribution is -0.870. The fraction of sp³-hybridized carbons (Fsp3) is 0.837. The highest BCUT2D eigenvalue weighted by molar-refractivity contribution is 5.70. The summed E-state index contributed by atoms with van der Waals surface area (Å²) >= 11 is 0. The second kappa shape index (κ2) is 82.4. The zero-order valence-corrected chi connectivity index (χ0v) is 67.8. The van der Waals surface area contributed by atoms with Crippen molar-refractivity contribution in [2.45, 2.75) is 450 Å². The van der Waals surface area contributed by atoms with Crippen molar-refractivity contribution in [3.05, 3.63) is 72.9 Å². The highest BCUT2D eigenvalue weighted by Gasteiger charge is 2.22. The van der Waals surface area contributed by atoms with Crippen LogP contribution in [0.2, 0.25) is 0 Å². The number of allylic oxidation sites excluding steroid dienone is 12. The lowest BCUT2D eigenvalue weighted by atomic mass is 10.0. The summed E-state index contributed by atoms with van der Waals surface area (Å²) in [5.74, 6) is -2.25. The van der Waals surface area contributed by atoms with Crippen molar-refractivity contribution in [3.63, 3.8) is 0 Å². The standard InChI is InChI=1S/C92H169NO8/c1-6-8-10-12-14-16-18-20-22-24-26-28-30-32-34-36-38-40-42-44-45-47-49-51-53-55-57-59-61-63-65-67-69-71-73-75-77-79-81-83-90(95)101-88(87-100-92(91(96)97)98-85-84-93(3,4)5)86-99-89(94)82-80-78-76-74-72-70-68-66-64-62-60-58-56-54-52-50-48-46-43-41-39-37-35-33-31-29-27-25-23-21-19-17-15-13-11-9-7-2/h18-21,24-27,30-33,88,92H,6-17,22-23,28-29,34-87H2,1-5H3/b20-18-,21-19-,26-24-,27-25-,32-30-,33-31-. The number of carbonyl (C=O) groups excluding carboxylic acids is 3. The summed E-state index contributed by atoms with van der Waals surface area (Å²) in [6.45, 7) is 4.80. The van der Waals surface area contributed by atoms with Gasteiger partial charge >= 0.3 is 11.9 Å². The summed E-state index contributed by atoms with van der Waals surface area (Å²) in [5, 5.41) is 11.9. The predicted molar refractivity (Wildman–Crippen MR) is 435 cm³/mol. The van der Waals surface area contributed by atoms with E-state index < -0.39 is 24.3 Å². The average molecular weight is 1420 g/mol. The molecule has 0 heterocycles. The molecule has 0 bridgehead atoms. The van der Waals surface area contributed by atoms with Crippen LogP contribution in [0.25, 0.3) is 0 Å². The molecule has 0 aliphatic rings. The third kappa shape index (κ3) is 83.9. The molecule has 0 saturated carbocycles. The molecule has 9 heteroatoms. The molecule has 0 aromatic carbocycles. The van der Waals surface area contributed by atoms with Crippen LogP contribution in [-0.2, 0) is 33.3 Å². The predicted octanol–water partition coefficient (Wildman–Crippen LogP) is 27.4. The van der Waals surface area contributed by atoms with Gasteiger partial charge in [0.25, 0.3) is 0 Å². The van der Waals surface area contributed by atoms with Crippen molar-refractivity contribution in [2.75, 3.05) is 47.5 Å². The van der Waals surface area contributed by atoms with Gasteiger partial charge in [-0.2, -0.15) is 0 Å². The number of rotatable bonds is 83. The molecule has 590 valence electrons. The van der Waals surface area contributed by atoms with Crippen molar-refractivity contribution >= 4 is 17.9 Å². The van der Waals surface area contributed by atoms with Gasteiger partial charge in [0.2, 0.25) is 0 Å². The van der Waals surface area contributed by atoms with E-state index >= 15 is 0 Å². The first-order chi connectivity index (χ1) is 49.6. The number of likely N-dealkylation sites (N-methyl/N-ethyl adjacent to an activating group) is 1. The number of hydrogen-bond donors (Lipinski definition) is 0. The van der Waals surface area contributed by atoms with E-state index in [1.165, 1.54) is 347 Å². The molecule has 0 fully saturated rings. The minimum Gasteiger partial charge on any atom is -0.545 e. The molecule has 0 N–H and O–H groups in total. The van der Waals surface area contributed by atoms with E-state index in [0.29, 0.717) is 17.4 Å². The Kier molecular flexibility index (Phi) is 79.7. The lowest BCUT2D eigenvalue weighted by Gasteiger charge is -2.26. The lowest BCUT2D eigenvalue weighted by Crippen LogP contribution is -2.44. The smallest absolute Gasteiger partial charge is 0.306 e. The molecular weight excluding hydrogens is 1250 g/mol. The van der Waals surface area contributed by atoms with Gasteiger partial charge in [-0.25, -0.2) is 0 Å². The normalized spacial score (nSPS) is 12.9. The van der Waals surface area contributed by atoms with E-state index in [0.717, 1.165) is 64.2 Å². The number of ether oxygens (including phenoxy) is 4. The monoisotopic (exact) mass is 1420 g/mol. The zero-order chi connectivity index (χ0) is 73.2. The zero-order valence-electron chi connectivity index (χ0n) is 67.8. The van der Waals surface area contributed by atoms with Crippen LogP contribution in [0.15, 0.2) is 72.9 Å². The molecule has 0 aliphatic carbocycles. The van der Waals surface area contributed by atoms with E-state index in [4.69, 9.17) is 18.9 Å². The van der Waals surface area contributed by atoms with Gasteiger partial charge in [-0.05, 0) is 89.9 Å². The first-order valence-electron chi connectivity index (χ1n) is 44.1. The van der Waals surface area contributed by atoms with E-state index in [2.05, 4.69) is 86.8 Å². The van der Waals surface area contributed by atoms with Crippen LogP contribution in [-0.4, -0.2) is 82.3 Å². The molecular formula is C92H169NO8. The highest BCUT2D eigenvalue weighted by atomic mass is 16.7. The molecule has 2 atom stereocenters. The molecule has 0 amide bonds. The molecule has 0 aromatic rings.